The zero-order chi connectivity index (χ0) is 18.2. The number of benzene rings is 2. The minimum absolute atomic E-state index is 0.190. The lowest BCUT2D eigenvalue weighted by atomic mass is 10.0. The Morgan fingerprint density at radius 1 is 1.04 bits per heavy atom. The monoisotopic (exact) mass is 346 g/mol. The molecule has 0 radical (unpaired) electrons. The number of aromatic carboxylic acids is 1. The molecule has 3 rings (SSSR count). The molecule has 0 aliphatic carbocycles. The molecular weight excluding hydrogens is 324 g/mol. The average molecular weight is 346 g/mol. The van der Waals surface area contributed by atoms with Gasteiger partial charge in [0.15, 0.2) is 0 Å². The van der Waals surface area contributed by atoms with Gasteiger partial charge in [0.05, 0.1) is 27.9 Å². The van der Waals surface area contributed by atoms with Crippen molar-refractivity contribution in [2.75, 3.05) is 27.9 Å². The molecule has 1 N–H and O–H groups in total. The van der Waals surface area contributed by atoms with E-state index in [0.29, 0.717) is 5.75 Å². The smallest absolute Gasteiger partial charge is 0.339 e. The summed E-state index contributed by atoms with van der Waals surface area (Å²) in [6.07, 6.45) is 2.07. The van der Waals surface area contributed by atoms with Crippen molar-refractivity contribution in [1.29, 1.82) is 0 Å². The summed E-state index contributed by atoms with van der Waals surface area (Å²) in [5, 5.41) is 8.62. The van der Waals surface area contributed by atoms with E-state index >= 15 is 0 Å². The maximum Gasteiger partial charge on any atom is 0.339 e. The summed E-state index contributed by atoms with van der Waals surface area (Å²) in [6.45, 7) is 0.781. The van der Waals surface area contributed by atoms with Gasteiger partial charge in [-0.05, 0) is 25.0 Å². The Morgan fingerprint density at radius 3 is 2.36 bits per heavy atom. The summed E-state index contributed by atoms with van der Waals surface area (Å²) >= 11 is 0. The van der Waals surface area contributed by atoms with Gasteiger partial charge in [-0.3, -0.25) is 0 Å². The molecular formula is C19H22O6. The molecule has 0 aromatic heterocycles. The number of carboxylic acids is 1. The lowest BCUT2D eigenvalue weighted by Gasteiger charge is -2.20. The number of para-hydroxylation sites is 1. The van der Waals surface area contributed by atoms with Crippen molar-refractivity contribution < 1.29 is 28.8 Å². The van der Waals surface area contributed by atoms with Crippen LogP contribution in [0.4, 0.5) is 0 Å². The van der Waals surface area contributed by atoms with E-state index in [1.807, 2.05) is 12.1 Å². The van der Waals surface area contributed by atoms with Crippen molar-refractivity contribution in [3.63, 3.8) is 0 Å². The molecule has 0 unspecified atom stereocenters. The molecule has 0 spiro atoms. The molecule has 2 aromatic carbocycles. The molecule has 1 aliphatic rings. The number of methoxy groups -OCH3 is 3. The SMILES string of the molecule is COc1cc(OC)c2c(c1)OCCC2.COc1ccccc1C(=O)O. The van der Waals surface area contributed by atoms with Gasteiger partial charge >= 0.3 is 5.97 Å². The Hall–Kier alpha value is -2.89. The molecule has 0 bridgehead atoms. The van der Waals surface area contributed by atoms with Gasteiger partial charge in [-0.25, -0.2) is 4.79 Å². The zero-order valence-electron chi connectivity index (χ0n) is 14.6. The topological polar surface area (TPSA) is 74.2 Å². The van der Waals surface area contributed by atoms with Crippen LogP contribution in [0, 0.1) is 0 Å². The zero-order valence-corrected chi connectivity index (χ0v) is 14.6. The second-order valence-electron chi connectivity index (χ2n) is 5.26. The lowest BCUT2D eigenvalue weighted by molar-refractivity contribution is 0.0693. The van der Waals surface area contributed by atoms with Crippen LogP contribution in [0.25, 0.3) is 0 Å². The summed E-state index contributed by atoms with van der Waals surface area (Å²) in [6, 6.07) is 10.3. The van der Waals surface area contributed by atoms with Gasteiger partial charge in [-0.2, -0.15) is 0 Å². The lowest BCUT2D eigenvalue weighted by Crippen LogP contribution is -2.09. The van der Waals surface area contributed by atoms with Crippen LogP contribution < -0.4 is 18.9 Å². The van der Waals surface area contributed by atoms with Crippen molar-refractivity contribution in [1.82, 2.24) is 0 Å². The van der Waals surface area contributed by atoms with E-state index in [1.54, 1.807) is 32.4 Å². The number of carbonyl (C=O) groups is 1. The first-order chi connectivity index (χ1) is 12.1. The van der Waals surface area contributed by atoms with Gasteiger partial charge in [0.2, 0.25) is 0 Å². The third-order valence-electron chi connectivity index (χ3n) is 3.76. The van der Waals surface area contributed by atoms with Crippen LogP contribution in [0.3, 0.4) is 0 Å². The standard InChI is InChI=1S/C11H14O3.C8H8O3/c1-12-8-6-10(13-2)9-4-3-5-14-11(9)7-8;1-11-7-5-3-2-4-6(7)8(9)10/h6-7H,3-5H2,1-2H3;2-5H,1H3,(H,9,10). The third-order valence-corrected chi connectivity index (χ3v) is 3.76. The maximum absolute atomic E-state index is 10.5. The highest BCUT2D eigenvalue weighted by atomic mass is 16.5. The fraction of sp³-hybridized carbons (Fsp3) is 0.316. The van der Waals surface area contributed by atoms with E-state index in [9.17, 15) is 4.79 Å². The Labute approximate surface area is 146 Å². The molecule has 2 aromatic rings. The molecule has 6 heteroatoms. The molecule has 0 saturated carbocycles. The van der Waals surface area contributed by atoms with E-state index in [0.717, 1.165) is 42.3 Å². The van der Waals surface area contributed by atoms with Crippen molar-refractivity contribution >= 4 is 5.97 Å². The maximum atomic E-state index is 10.5. The molecule has 0 amide bonds. The van der Waals surface area contributed by atoms with Crippen LogP contribution in [-0.4, -0.2) is 39.0 Å². The van der Waals surface area contributed by atoms with Gasteiger partial charge in [0.1, 0.15) is 28.6 Å². The van der Waals surface area contributed by atoms with Crippen LogP contribution in [0.2, 0.25) is 0 Å². The number of carboxylic acid groups (broad SMARTS) is 1. The predicted molar refractivity (Wildman–Crippen MR) is 93.3 cm³/mol. The highest BCUT2D eigenvalue weighted by molar-refractivity contribution is 5.90. The first-order valence-corrected chi connectivity index (χ1v) is 7.84. The van der Waals surface area contributed by atoms with Crippen molar-refractivity contribution in [3.05, 3.63) is 47.5 Å². The first-order valence-electron chi connectivity index (χ1n) is 7.84. The van der Waals surface area contributed by atoms with E-state index in [1.165, 1.54) is 13.2 Å². The van der Waals surface area contributed by atoms with Crippen LogP contribution in [0.15, 0.2) is 36.4 Å². The average Bonchev–Trinajstić information content (AvgIpc) is 2.67. The van der Waals surface area contributed by atoms with Crippen LogP contribution in [-0.2, 0) is 6.42 Å². The van der Waals surface area contributed by atoms with Gasteiger partial charge < -0.3 is 24.1 Å². The largest absolute Gasteiger partial charge is 0.496 e. The number of hydrogen-bond acceptors (Lipinski definition) is 5. The Balaban J connectivity index is 0.000000186. The van der Waals surface area contributed by atoms with Crippen LogP contribution in [0.5, 0.6) is 23.0 Å². The van der Waals surface area contributed by atoms with Crippen molar-refractivity contribution in [2.45, 2.75) is 12.8 Å². The van der Waals surface area contributed by atoms with Gasteiger partial charge in [0.25, 0.3) is 0 Å². The van der Waals surface area contributed by atoms with Gasteiger partial charge in [-0.15, -0.1) is 0 Å². The summed E-state index contributed by atoms with van der Waals surface area (Å²) in [5.74, 6) is 1.96. The molecule has 0 atom stereocenters. The van der Waals surface area contributed by atoms with E-state index in [2.05, 4.69) is 0 Å². The summed E-state index contributed by atoms with van der Waals surface area (Å²) in [4.78, 5) is 10.5. The minimum atomic E-state index is -0.970. The fourth-order valence-electron chi connectivity index (χ4n) is 2.52. The van der Waals surface area contributed by atoms with E-state index in [4.69, 9.17) is 24.1 Å². The Kier molecular flexibility index (Phi) is 6.51. The Morgan fingerprint density at radius 2 is 1.76 bits per heavy atom. The number of rotatable bonds is 4. The molecule has 0 fully saturated rings. The molecule has 6 nitrogen and oxygen atoms in total. The van der Waals surface area contributed by atoms with Crippen molar-refractivity contribution in [3.8, 4) is 23.0 Å². The summed E-state index contributed by atoms with van der Waals surface area (Å²) in [5.41, 5.74) is 1.34. The Bertz CT molecular complexity index is 709. The fourth-order valence-corrected chi connectivity index (χ4v) is 2.52. The van der Waals surface area contributed by atoms with Crippen LogP contribution >= 0.6 is 0 Å². The minimum Gasteiger partial charge on any atom is -0.496 e. The highest BCUT2D eigenvalue weighted by Gasteiger charge is 2.16. The predicted octanol–water partition coefficient (Wildman–Crippen LogP) is 3.42. The second-order valence-corrected chi connectivity index (χ2v) is 5.26. The van der Waals surface area contributed by atoms with Crippen LogP contribution in [0.1, 0.15) is 22.3 Å². The molecule has 1 heterocycles. The number of ether oxygens (including phenoxy) is 4. The number of fused-ring (bicyclic) bond motifs is 1. The third kappa shape index (κ3) is 4.56. The number of hydrogen-bond donors (Lipinski definition) is 1. The normalized spacial score (nSPS) is 12.0. The van der Waals surface area contributed by atoms with Crippen molar-refractivity contribution in [2.24, 2.45) is 0 Å². The molecule has 134 valence electrons. The molecule has 0 saturated heterocycles. The summed E-state index contributed by atoms with van der Waals surface area (Å²) in [7, 11) is 4.76. The quantitative estimate of drug-likeness (QED) is 0.914. The summed E-state index contributed by atoms with van der Waals surface area (Å²) < 4.78 is 20.8. The van der Waals surface area contributed by atoms with Gasteiger partial charge in [-0.1, -0.05) is 12.1 Å². The second kappa shape index (κ2) is 8.82. The molecule has 1 aliphatic heterocycles. The molecule has 25 heavy (non-hydrogen) atoms. The van der Waals surface area contributed by atoms with E-state index in [-0.39, 0.29) is 5.56 Å². The van der Waals surface area contributed by atoms with Gasteiger partial charge in [0, 0.05) is 17.7 Å². The first kappa shape index (κ1) is 18.4. The van der Waals surface area contributed by atoms with E-state index < -0.39 is 5.97 Å². The highest BCUT2D eigenvalue weighted by Crippen LogP contribution is 2.36.